The minimum Gasteiger partial charge on any atom is -0.550 e. The van der Waals surface area contributed by atoms with Gasteiger partial charge in [0.25, 0.3) is 0 Å². The lowest BCUT2D eigenvalue weighted by molar-refractivity contribution is -0.307. The third kappa shape index (κ3) is 3.58. The van der Waals surface area contributed by atoms with Crippen molar-refractivity contribution in [2.24, 2.45) is 5.73 Å². The zero-order chi connectivity index (χ0) is 6.57. The highest BCUT2D eigenvalue weighted by Gasteiger charge is 1.98. The minimum absolute atomic E-state index is 0.0337. The molecule has 0 saturated heterocycles. The van der Waals surface area contributed by atoms with Gasteiger partial charge in [0.05, 0.1) is 6.10 Å². The highest BCUT2D eigenvalue weighted by atomic mass is 16.4. The number of aliphatic carboxylic acids is 1. The quantitative estimate of drug-likeness (QED) is 0.427. The summed E-state index contributed by atoms with van der Waals surface area (Å²) in [6, 6.07) is 0. The number of hydrogen-bond donors (Lipinski definition) is 2. The van der Waals surface area contributed by atoms with Crippen molar-refractivity contribution in [2.75, 3.05) is 6.54 Å². The molecule has 8 heavy (non-hydrogen) atoms. The van der Waals surface area contributed by atoms with Gasteiger partial charge in [0.2, 0.25) is 0 Å². The van der Waals surface area contributed by atoms with Crippen LogP contribution in [0.2, 0.25) is 0 Å². The molecule has 0 spiro atoms. The molecular weight excluding hydrogens is 110 g/mol. The van der Waals surface area contributed by atoms with E-state index < -0.39 is 12.1 Å². The van der Waals surface area contributed by atoms with Crippen molar-refractivity contribution in [3.05, 3.63) is 0 Å². The number of carbonyl (C=O) groups is 1. The summed E-state index contributed by atoms with van der Waals surface area (Å²) >= 11 is 0. The second-order valence-corrected chi connectivity index (χ2v) is 1.47. The molecule has 0 bridgehead atoms. The lowest BCUT2D eigenvalue weighted by Crippen LogP contribution is -2.31. The van der Waals surface area contributed by atoms with Crippen molar-refractivity contribution in [3.8, 4) is 0 Å². The summed E-state index contributed by atoms with van der Waals surface area (Å²) in [4.78, 5) is 9.64. The van der Waals surface area contributed by atoms with E-state index in [0.29, 0.717) is 0 Å². The van der Waals surface area contributed by atoms with Crippen molar-refractivity contribution in [2.45, 2.75) is 12.5 Å². The van der Waals surface area contributed by atoms with Crippen LogP contribution in [0.3, 0.4) is 0 Å². The molecule has 1 atom stereocenters. The Morgan fingerprint density at radius 2 is 2.38 bits per heavy atom. The fourth-order valence-electron chi connectivity index (χ4n) is 0.276. The Hall–Kier alpha value is -0.610. The van der Waals surface area contributed by atoms with Gasteiger partial charge in [-0.25, -0.2) is 0 Å². The first-order valence-corrected chi connectivity index (χ1v) is 2.24. The van der Waals surface area contributed by atoms with E-state index >= 15 is 0 Å². The number of carbonyl (C=O) groups excluding carboxylic acids is 1. The van der Waals surface area contributed by atoms with Crippen LogP contribution in [-0.4, -0.2) is 23.7 Å². The summed E-state index contributed by atoms with van der Waals surface area (Å²) in [5.41, 5.74) is 4.88. The van der Waals surface area contributed by atoms with Gasteiger partial charge >= 0.3 is 0 Å². The van der Waals surface area contributed by atoms with Gasteiger partial charge in [-0.1, -0.05) is 0 Å². The molecule has 1 unspecified atom stereocenters. The SMILES string of the molecule is NCC(O)CC(=O)[O-]. The van der Waals surface area contributed by atoms with Crippen LogP contribution < -0.4 is 10.8 Å². The van der Waals surface area contributed by atoms with Crippen molar-refractivity contribution < 1.29 is 15.0 Å². The third-order valence-corrected chi connectivity index (χ3v) is 0.674. The number of nitrogens with two attached hydrogens (primary N) is 1. The Kier molecular flexibility index (Phi) is 3.14. The Labute approximate surface area is 46.9 Å². The van der Waals surface area contributed by atoms with Gasteiger partial charge in [0.1, 0.15) is 0 Å². The van der Waals surface area contributed by atoms with Crippen LogP contribution in [0.5, 0.6) is 0 Å². The van der Waals surface area contributed by atoms with Crippen molar-refractivity contribution >= 4 is 5.97 Å². The Bertz CT molecular complexity index is 83.4. The zero-order valence-electron chi connectivity index (χ0n) is 4.33. The van der Waals surface area contributed by atoms with Gasteiger partial charge in [0.15, 0.2) is 0 Å². The average molecular weight is 118 g/mol. The van der Waals surface area contributed by atoms with Crippen LogP contribution in [0.4, 0.5) is 0 Å². The van der Waals surface area contributed by atoms with Gasteiger partial charge in [-0.2, -0.15) is 0 Å². The van der Waals surface area contributed by atoms with Crippen LogP contribution in [0.25, 0.3) is 0 Å². The second-order valence-electron chi connectivity index (χ2n) is 1.47. The first-order chi connectivity index (χ1) is 3.66. The molecular formula is C4H8NO3-. The maximum atomic E-state index is 9.64. The summed E-state index contributed by atoms with van der Waals surface area (Å²) < 4.78 is 0. The van der Waals surface area contributed by atoms with Crippen LogP contribution in [0, 0.1) is 0 Å². The molecule has 0 heterocycles. The molecule has 0 rings (SSSR count). The molecule has 0 aromatic rings. The monoisotopic (exact) mass is 118 g/mol. The van der Waals surface area contributed by atoms with Crippen LogP contribution >= 0.6 is 0 Å². The lowest BCUT2D eigenvalue weighted by atomic mass is 10.3. The fourth-order valence-corrected chi connectivity index (χ4v) is 0.276. The molecule has 0 fully saturated rings. The minimum atomic E-state index is -1.28. The molecule has 4 nitrogen and oxygen atoms in total. The molecule has 0 saturated carbocycles. The smallest absolute Gasteiger partial charge is 0.0714 e. The number of aliphatic hydroxyl groups excluding tert-OH is 1. The highest BCUT2D eigenvalue weighted by molar-refractivity contribution is 5.64. The number of aliphatic hydroxyl groups is 1. The van der Waals surface area contributed by atoms with Crippen molar-refractivity contribution in [1.29, 1.82) is 0 Å². The normalized spacial score (nSPS) is 13.2. The molecule has 0 aromatic heterocycles. The summed E-state index contributed by atoms with van der Waals surface area (Å²) in [6.07, 6.45) is -1.34. The first-order valence-electron chi connectivity index (χ1n) is 2.24. The van der Waals surface area contributed by atoms with Gasteiger partial charge in [0, 0.05) is 18.9 Å². The van der Waals surface area contributed by atoms with Gasteiger partial charge < -0.3 is 20.7 Å². The standard InChI is InChI=1S/C4H9NO3/c5-2-3(6)1-4(7)8/h3,6H,1-2,5H2,(H,7,8)/p-1. The van der Waals surface area contributed by atoms with Crippen LogP contribution in [-0.2, 0) is 4.79 Å². The van der Waals surface area contributed by atoms with Crippen LogP contribution in [0.1, 0.15) is 6.42 Å². The van der Waals surface area contributed by atoms with E-state index in [0.717, 1.165) is 0 Å². The predicted octanol–water partition coefficient (Wildman–Crippen LogP) is -2.55. The largest absolute Gasteiger partial charge is 0.550 e. The molecule has 0 aliphatic carbocycles. The van der Waals surface area contributed by atoms with E-state index in [1.165, 1.54) is 0 Å². The third-order valence-electron chi connectivity index (χ3n) is 0.674. The predicted molar refractivity (Wildman–Crippen MR) is 24.7 cm³/mol. The molecule has 0 aliphatic heterocycles. The van der Waals surface area contributed by atoms with Gasteiger partial charge in [-0.3, -0.25) is 0 Å². The van der Waals surface area contributed by atoms with Crippen LogP contribution in [0.15, 0.2) is 0 Å². The maximum Gasteiger partial charge on any atom is 0.0714 e. The molecule has 3 N–H and O–H groups in total. The summed E-state index contributed by atoms with van der Waals surface area (Å²) in [7, 11) is 0. The fraction of sp³-hybridized carbons (Fsp3) is 0.750. The number of rotatable bonds is 3. The second kappa shape index (κ2) is 3.40. The van der Waals surface area contributed by atoms with E-state index in [1.807, 2.05) is 0 Å². The van der Waals surface area contributed by atoms with E-state index in [2.05, 4.69) is 0 Å². The van der Waals surface area contributed by atoms with E-state index in [1.54, 1.807) is 0 Å². The highest BCUT2D eigenvalue weighted by Crippen LogP contribution is 1.83. The van der Waals surface area contributed by atoms with E-state index in [9.17, 15) is 9.90 Å². The first kappa shape index (κ1) is 7.39. The molecule has 0 aromatic carbocycles. The molecule has 0 radical (unpaired) electrons. The number of carboxylic acids is 1. The molecule has 48 valence electrons. The van der Waals surface area contributed by atoms with E-state index in [4.69, 9.17) is 10.8 Å². The lowest BCUT2D eigenvalue weighted by Gasteiger charge is -2.05. The Balaban J connectivity index is 3.24. The molecule has 0 aliphatic rings. The zero-order valence-corrected chi connectivity index (χ0v) is 4.33. The molecule has 4 heteroatoms. The van der Waals surface area contributed by atoms with Crippen molar-refractivity contribution in [3.63, 3.8) is 0 Å². The topological polar surface area (TPSA) is 86.4 Å². The summed E-state index contributed by atoms with van der Waals surface area (Å²) in [5, 5.41) is 18.1. The van der Waals surface area contributed by atoms with Gasteiger partial charge in [-0.05, 0) is 0 Å². The number of hydrogen-bond acceptors (Lipinski definition) is 4. The average Bonchev–Trinajstić information content (AvgIpc) is 1.65. The van der Waals surface area contributed by atoms with E-state index in [-0.39, 0.29) is 13.0 Å². The Morgan fingerprint density at radius 1 is 1.88 bits per heavy atom. The summed E-state index contributed by atoms with van der Waals surface area (Å²) in [5.74, 6) is -1.28. The molecule has 0 amide bonds. The number of carboxylic acid groups (broad SMARTS) is 1. The Morgan fingerprint density at radius 3 is 2.50 bits per heavy atom. The van der Waals surface area contributed by atoms with Crippen molar-refractivity contribution in [1.82, 2.24) is 0 Å². The summed E-state index contributed by atoms with van der Waals surface area (Å²) in [6.45, 7) is -0.0337. The van der Waals surface area contributed by atoms with Gasteiger partial charge in [-0.15, -0.1) is 0 Å². The maximum absolute atomic E-state index is 9.64.